The summed E-state index contributed by atoms with van der Waals surface area (Å²) in [5.41, 5.74) is 18.2. The lowest BCUT2D eigenvalue weighted by Crippen LogP contribution is -2.00. The number of rotatable bonds is 6. The number of aliphatic imine (C=N–C) groups is 1. The molecule has 6 aromatic carbocycles. The molecular weight excluding hydrogens is 773 g/mol. The van der Waals surface area contributed by atoms with E-state index in [1.165, 1.54) is 0 Å². The normalized spacial score (nSPS) is 13.0. The summed E-state index contributed by atoms with van der Waals surface area (Å²) >= 11 is 0. The van der Waals surface area contributed by atoms with E-state index in [4.69, 9.17) is 24.4 Å². The highest BCUT2D eigenvalue weighted by Crippen LogP contribution is 2.43. The Bertz CT molecular complexity index is 3870. The average Bonchev–Trinajstić information content (AvgIpc) is 4.01. The van der Waals surface area contributed by atoms with Gasteiger partial charge in [-0.2, -0.15) is 0 Å². The van der Waals surface area contributed by atoms with Crippen LogP contribution in [0.25, 0.3) is 116 Å². The van der Waals surface area contributed by atoms with Crippen LogP contribution in [-0.4, -0.2) is 30.3 Å². The fourth-order valence-corrected chi connectivity index (χ4v) is 9.76. The predicted molar refractivity (Wildman–Crippen MR) is 258 cm³/mol. The Balaban J connectivity index is 1.06. The Kier molecular flexibility index (Phi) is 7.90. The van der Waals surface area contributed by atoms with Gasteiger partial charge in [-0.25, -0.2) is 0 Å². The minimum Gasteiger partial charge on any atom is -0.454 e. The maximum atomic E-state index is 6.85. The first-order valence-corrected chi connectivity index (χ1v) is 21.3. The first-order valence-electron chi connectivity index (χ1n) is 21.3. The van der Waals surface area contributed by atoms with E-state index in [0.29, 0.717) is 0 Å². The van der Waals surface area contributed by atoms with Crippen molar-refractivity contribution in [2.75, 3.05) is 0 Å². The van der Waals surface area contributed by atoms with E-state index < -0.39 is 0 Å². The van der Waals surface area contributed by atoms with Crippen molar-refractivity contribution < 1.29 is 4.42 Å². The minimum absolute atomic E-state index is 0.810. The van der Waals surface area contributed by atoms with Gasteiger partial charge in [0.25, 0.3) is 0 Å². The van der Waals surface area contributed by atoms with E-state index in [-0.39, 0.29) is 0 Å². The molecule has 0 fully saturated rings. The molecule has 296 valence electrons. The lowest BCUT2D eigenvalue weighted by molar-refractivity contribution is 0.666. The standard InChI is InChI=1S/C56H36N6O/c1-3-15-40(46-18-7-9-27-57-46)38(13-1)35-23-25-48-44(31-35)54-50(20-11-29-59-54)61(48)37-33-43-42-17-5-6-22-53(42)63-56(43)52(34-37)62-49-26-24-36(32-45(49)55-51(62)21-12-30-60-55)39-14-2-4-16-41(39)47-19-8-10-28-58-47/h1-6,8,10-34H,7,9H2. The highest BCUT2D eigenvalue weighted by atomic mass is 16.3. The molecule has 13 rings (SSSR count). The van der Waals surface area contributed by atoms with E-state index in [9.17, 15) is 0 Å². The fraction of sp³-hybridized carbons (Fsp3) is 0.0357. The Morgan fingerprint density at radius 2 is 1.08 bits per heavy atom. The first kappa shape index (κ1) is 35.3. The van der Waals surface area contributed by atoms with Crippen molar-refractivity contribution in [3.05, 3.63) is 194 Å². The monoisotopic (exact) mass is 808 g/mol. The van der Waals surface area contributed by atoms with Crippen LogP contribution in [0.15, 0.2) is 198 Å². The number of benzene rings is 6. The van der Waals surface area contributed by atoms with Crippen LogP contribution in [0.1, 0.15) is 18.4 Å². The zero-order chi connectivity index (χ0) is 41.4. The van der Waals surface area contributed by atoms with Crippen LogP contribution in [0.3, 0.4) is 0 Å². The maximum absolute atomic E-state index is 6.85. The summed E-state index contributed by atoms with van der Waals surface area (Å²) < 4.78 is 11.5. The second kappa shape index (κ2) is 14.1. The Morgan fingerprint density at radius 3 is 1.79 bits per heavy atom. The number of allylic oxidation sites excluding steroid dienone is 1. The summed E-state index contributed by atoms with van der Waals surface area (Å²) in [5.74, 6) is 0. The number of para-hydroxylation sites is 1. The smallest absolute Gasteiger partial charge is 0.159 e. The summed E-state index contributed by atoms with van der Waals surface area (Å²) in [4.78, 5) is 19.5. The highest BCUT2D eigenvalue weighted by molar-refractivity contribution is 6.14. The lowest BCUT2D eigenvalue weighted by Gasteiger charge is -2.15. The molecule has 1 aliphatic heterocycles. The fourth-order valence-electron chi connectivity index (χ4n) is 9.76. The third-order valence-corrected chi connectivity index (χ3v) is 12.5. The van der Waals surface area contributed by atoms with Crippen LogP contribution in [0.5, 0.6) is 0 Å². The van der Waals surface area contributed by atoms with Gasteiger partial charge in [-0.1, -0.05) is 91.0 Å². The topological polar surface area (TPSA) is 74.0 Å². The molecule has 0 spiro atoms. The molecule has 0 N–H and O–H groups in total. The second-order valence-electron chi connectivity index (χ2n) is 16.1. The molecule has 0 bridgehead atoms. The Hall–Kier alpha value is -8.42. The summed E-state index contributed by atoms with van der Waals surface area (Å²) in [6.45, 7) is 0. The van der Waals surface area contributed by atoms with E-state index in [1.807, 2.05) is 55.1 Å². The lowest BCUT2D eigenvalue weighted by atomic mass is 9.95. The molecule has 0 aliphatic carbocycles. The van der Waals surface area contributed by atoms with Crippen molar-refractivity contribution in [1.29, 1.82) is 0 Å². The molecule has 0 unspecified atom stereocenters. The third-order valence-electron chi connectivity index (χ3n) is 12.5. The number of hydrogen-bond acceptors (Lipinski definition) is 5. The number of pyridine rings is 3. The van der Waals surface area contributed by atoms with Gasteiger partial charge in [-0.05, 0) is 114 Å². The number of furan rings is 1. The largest absolute Gasteiger partial charge is 0.454 e. The van der Waals surface area contributed by atoms with Gasteiger partial charge in [0.15, 0.2) is 5.58 Å². The van der Waals surface area contributed by atoms with Gasteiger partial charge in [-0.15, -0.1) is 0 Å². The van der Waals surface area contributed by atoms with Crippen molar-refractivity contribution >= 4 is 77.7 Å². The van der Waals surface area contributed by atoms with Crippen LogP contribution in [0, 0.1) is 0 Å². The van der Waals surface area contributed by atoms with Gasteiger partial charge in [-0.3, -0.25) is 19.9 Å². The third kappa shape index (κ3) is 5.53. The molecule has 12 aromatic rings. The first-order chi connectivity index (χ1) is 31.3. The van der Waals surface area contributed by atoms with Crippen molar-refractivity contribution in [3.63, 3.8) is 0 Å². The molecule has 0 amide bonds. The number of hydrogen-bond donors (Lipinski definition) is 0. The van der Waals surface area contributed by atoms with Crippen LogP contribution in [0.2, 0.25) is 0 Å². The van der Waals surface area contributed by atoms with Crippen molar-refractivity contribution in [3.8, 4) is 44.9 Å². The van der Waals surface area contributed by atoms with Crippen molar-refractivity contribution in [2.24, 2.45) is 4.99 Å². The van der Waals surface area contributed by atoms with Gasteiger partial charge in [0.05, 0.1) is 50.2 Å². The minimum atomic E-state index is 0.810. The quantitative estimate of drug-likeness (QED) is 0.168. The van der Waals surface area contributed by atoms with E-state index >= 15 is 0 Å². The van der Waals surface area contributed by atoms with E-state index in [1.54, 1.807) is 0 Å². The predicted octanol–water partition coefficient (Wildman–Crippen LogP) is 14.2. The molecule has 0 radical (unpaired) electrons. The SMILES string of the molecule is C1=NC(c2ccccc2-c2ccc3c(c2)c2ncccc2n3-c2cc(-n3c4ccc(-c5ccccc5-c5ccccn5)cc4c4ncccc43)c3oc4ccccc4c3c2)=CCC1. The highest BCUT2D eigenvalue weighted by Gasteiger charge is 2.23. The van der Waals surface area contributed by atoms with Gasteiger partial charge >= 0.3 is 0 Å². The zero-order valence-electron chi connectivity index (χ0n) is 34.0. The molecular formula is C56H36N6O. The van der Waals surface area contributed by atoms with Crippen LogP contribution in [0.4, 0.5) is 0 Å². The van der Waals surface area contributed by atoms with Crippen molar-refractivity contribution in [2.45, 2.75) is 12.8 Å². The van der Waals surface area contributed by atoms with Gasteiger partial charge in [0.1, 0.15) is 5.58 Å². The molecule has 0 saturated carbocycles. The second-order valence-corrected chi connectivity index (χ2v) is 16.1. The molecule has 7 nitrogen and oxygen atoms in total. The summed E-state index contributed by atoms with van der Waals surface area (Å²) in [5, 5.41) is 4.22. The van der Waals surface area contributed by atoms with Crippen LogP contribution < -0.4 is 0 Å². The summed E-state index contributed by atoms with van der Waals surface area (Å²) in [6.07, 6.45) is 11.9. The Labute approximate surface area is 361 Å². The molecule has 7 heteroatoms. The molecule has 6 aromatic heterocycles. The summed E-state index contributed by atoms with van der Waals surface area (Å²) in [7, 11) is 0. The van der Waals surface area contributed by atoms with E-state index in [0.717, 1.165) is 135 Å². The molecule has 7 heterocycles. The molecule has 63 heavy (non-hydrogen) atoms. The van der Waals surface area contributed by atoms with Gasteiger partial charge < -0.3 is 13.6 Å². The Morgan fingerprint density at radius 1 is 0.444 bits per heavy atom. The summed E-state index contributed by atoms with van der Waals surface area (Å²) in [6, 6.07) is 57.8. The van der Waals surface area contributed by atoms with Crippen molar-refractivity contribution in [1.82, 2.24) is 24.1 Å². The van der Waals surface area contributed by atoms with Gasteiger partial charge in [0, 0.05) is 63.2 Å². The molecule has 0 atom stereocenters. The number of fused-ring (bicyclic) bond motifs is 9. The average molecular weight is 809 g/mol. The van der Waals surface area contributed by atoms with Crippen LogP contribution in [-0.2, 0) is 0 Å². The number of aromatic nitrogens is 5. The number of nitrogens with zero attached hydrogens (tertiary/aromatic N) is 6. The van der Waals surface area contributed by atoms with E-state index in [2.05, 4.69) is 149 Å². The molecule has 1 aliphatic rings. The molecule has 0 saturated heterocycles. The maximum Gasteiger partial charge on any atom is 0.159 e. The zero-order valence-corrected chi connectivity index (χ0v) is 34.0. The van der Waals surface area contributed by atoms with Crippen LogP contribution >= 0.6 is 0 Å². The van der Waals surface area contributed by atoms with Gasteiger partial charge in [0.2, 0.25) is 0 Å².